The largest absolute Gasteiger partial charge is 0.486 e. The van der Waals surface area contributed by atoms with Gasteiger partial charge in [0.05, 0.1) is 11.5 Å². The topological polar surface area (TPSA) is 90.4 Å². The fourth-order valence-corrected chi connectivity index (χ4v) is 2.05. The average Bonchev–Trinajstić information content (AvgIpc) is 2.46. The van der Waals surface area contributed by atoms with Gasteiger partial charge in [-0.1, -0.05) is 39.2 Å². The van der Waals surface area contributed by atoms with Crippen LogP contribution in [0.5, 0.6) is 5.75 Å². The molecular formula is C14H23N3O3. The SMILES string of the molecule is CCCCC(CC)COc1cccc(NN)c1[N+](=O)[O-]. The van der Waals surface area contributed by atoms with E-state index in [0.29, 0.717) is 12.5 Å². The highest BCUT2D eigenvalue weighted by atomic mass is 16.6. The quantitative estimate of drug-likeness (QED) is 0.411. The zero-order valence-corrected chi connectivity index (χ0v) is 12.1. The Morgan fingerprint density at radius 1 is 1.45 bits per heavy atom. The van der Waals surface area contributed by atoms with Crippen molar-refractivity contribution in [2.75, 3.05) is 12.0 Å². The van der Waals surface area contributed by atoms with Gasteiger partial charge in [-0.3, -0.25) is 16.0 Å². The van der Waals surface area contributed by atoms with Crippen LogP contribution in [0, 0.1) is 16.0 Å². The molecule has 1 atom stereocenters. The summed E-state index contributed by atoms with van der Waals surface area (Å²) in [4.78, 5) is 10.6. The summed E-state index contributed by atoms with van der Waals surface area (Å²) >= 11 is 0. The molecular weight excluding hydrogens is 258 g/mol. The number of hydrogen-bond acceptors (Lipinski definition) is 5. The summed E-state index contributed by atoms with van der Waals surface area (Å²) in [6, 6.07) is 4.84. The summed E-state index contributed by atoms with van der Waals surface area (Å²) in [5, 5.41) is 11.1. The van der Waals surface area contributed by atoms with E-state index in [-0.39, 0.29) is 17.1 Å². The lowest BCUT2D eigenvalue weighted by Gasteiger charge is -2.16. The number of nitrogen functional groups attached to an aromatic ring is 1. The van der Waals surface area contributed by atoms with Crippen molar-refractivity contribution in [3.05, 3.63) is 28.3 Å². The van der Waals surface area contributed by atoms with Crippen molar-refractivity contribution in [2.24, 2.45) is 11.8 Å². The molecule has 0 aromatic heterocycles. The van der Waals surface area contributed by atoms with Gasteiger partial charge in [0.25, 0.3) is 0 Å². The number of anilines is 1. The lowest BCUT2D eigenvalue weighted by atomic mass is 10.0. The van der Waals surface area contributed by atoms with Crippen LogP contribution in [0.1, 0.15) is 39.5 Å². The Hall–Kier alpha value is -1.82. The van der Waals surface area contributed by atoms with Crippen LogP contribution in [-0.4, -0.2) is 11.5 Å². The summed E-state index contributed by atoms with van der Waals surface area (Å²) < 4.78 is 5.65. The number of hydrogen-bond donors (Lipinski definition) is 2. The second kappa shape index (κ2) is 8.37. The molecule has 6 nitrogen and oxygen atoms in total. The fourth-order valence-electron chi connectivity index (χ4n) is 2.05. The first-order valence-corrected chi connectivity index (χ1v) is 7.00. The molecule has 0 saturated carbocycles. The van der Waals surface area contributed by atoms with Gasteiger partial charge in [0.1, 0.15) is 5.69 Å². The third-order valence-corrected chi connectivity index (χ3v) is 3.35. The van der Waals surface area contributed by atoms with Crippen LogP contribution in [0.25, 0.3) is 0 Å². The number of ether oxygens (including phenoxy) is 1. The van der Waals surface area contributed by atoms with Crippen molar-refractivity contribution in [1.82, 2.24) is 0 Å². The molecule has 20 heavy (non-hydrogen) atoms. The minimum absolute atomic E-state index is 0.111. The molecule has 6 heteroatoms. The molecule has 1 aromatic carbocycles. The van der Waals surface area contributed by atoms with Crippen LogP contribution < -0.4 is 16.0 Å². The molecule has 0 heterocycles. The second-order valence-electron chi connectivity index (χ2n) is 4.78. The van der Waals surface area contributed by atoms with E-state index in [2.05, 4.69) is 19.3 Å². The lowest BCUT2D eigenvalue weighted by molar-refractivity contribution is -0.385. The van der Waals surface area contributed by atoms with Crippen LogP contribution in [0.2, 0.25) is 0 Å². The fraction of sp³-hybridized carbons (Fsp3) is 0.571. The molecule has 1 aromatic rings. The molecule has 0 saturated heterocycles. The average molecular weight is 281 g/mol. The number of nitro benzene ring substituents is 1. The Morgan fingerprint density at radius 3 is 2.75 bits per heavy atom. The summed E-state index contributed by atoms with van der Waals surface area (Å²) in [6.07, 6.45) is 4.37. The minimum Gasteiger partial charge on any atom is -0.486 e. The van der Waals surface area contributed by atoms with Gasteiger partial charge in [-0.05, 0) is 24.5 Å². The van der Waals surface area contributed by atoms with Crippen molar-refractivity contribution >= 4 is 11.4 Å². The van der Waals surface area contributed by atoms with Crippen molar-refractivity contribution in [1.29, 1.82) is 0 Å². The van der Waals surface area contributed by atoms with Gasteiger partial charge in [-0.2, -0.15) is 0 Å². The lowest BCUT2D eigenvalue weighted by Crippen LogP contribution is -2.13. The van der Waals surface area contributed by atoms with Crippen molar-refractivity contribution in [3.8, 4) is 5.75 Å². The maximum atomic E-state index is 11.1. The first kappa shape index (κ1) is 16.2. The van der Waals surface area contributed by atoms with Crippen molar-refractivity contribution < 1.29 is 9.66 Å². The molecule has 0 radical (unpaired) electrons. The number of benzene rings is 1. The number of nitrogens with two attached hydrogens (primary N) is 1. The summed E-state index contributed by atoms with van der Waals surface area (Å²) in [7, 11) is 0. The third kappa shape index (κ3) is 4.38. The van der Waals surface area contributed by atoms with E-state index in [1.165, 1.54) is 0 Å². The minimum atomic E-state index is -0.475. The summed E-state index contributed by atoms with van der Waals surface area (Å²) in [6.45, 7) is 4.75. The molecule has 1 unspecified atom stereocenters. The van der Waals surface area contributed by atoms with E-state index >= 15 is 0 Å². The summed E-state index contributed by atoms with van der Waals surface area (Å²) in [5.41, 5.74) is 2.48. The number of unbranched alkanes of at least 4 members (excludes halogenated alkanes) is 1. The van der Waals surface area contributed by atoms with Gasteiger partial charge >= 0.3 is 5.69 Å². The van der Waals surface area contributed by atoms with E-state index in [1.54, 1.807) is 18.2 Å². The molecule has 0 fully saturated rings. The number of nitro groups is 1. The normalized spacial score (nSPS) is 11.9. The van der Waals surface area contributed by atoms with Gasteiger partial charge < -0.3 is 10.2 Å². The predicted octanol–water partition coefficient (Wildman–Crippen LogP) is 3.48. The molecule has 0 bridgehead atoms. The van der Waals surface area contributed by atoms with Gasteiger partial charge in [0.2, 0.25) is 0 Å². The van der Waals surface area contributed by atoms with Gasteiger partial charge in [0, 0.05) is 0 Å². The molecule has 3 N–H and O–H groups in total. The number of nitrogens with zero attached hydrogens (tertiary/aromatic N) is 1. The molecule has 0 aliphatic carbocycles. The maximum Gasteiger partial charge on any atom is 0.335 e. The maximum absolute atomic E-state index is 11.1. The van der Waals surface area contributed by atoms with E-state index in [0.717, 1.165) is 25.7 Å². The molecule has 0 aliphatic heterocycles. The number of rotatable bonds is 9. The van der Waals surface area contributed by atoms with Crippen LogP contribution in [0.3, 0.4) is 0 Å². The number of nitrogens with one attached hydrogen (secondary N) is 1. The van der Waals surface area contributed by atoms with Crippen LogP contribution in [0.4, 0.5) is 11.4 Å². The monoisotopic (exact) mass is 281 g/mol. The summed E-state index contributed by atoms with van der Waals surface area (Å²) in [5.74, 6) is 5.98. The zero-order chi connectivity index (χ0) is 15.0. The Bertz CT molecular complexity index is 438. The van der Waals surface area contributed by atoms with E-state index in [4.69, 9.17) is 10.6 Å². The second-order valence-corrected chi connectivity index (χ2v) is 4.78. The molecule has 0 amide bonds. The molecule has 112 valence electrons. The highest BCUT2D eigenvalue weighted by Crippen LogP contribution is 2.34. The smallest absolute Gasteiger partial charge is 0.335 e. The van der Waals surface area contributed by atoms with Gasteiger partial charge in [-0.15, -0.1) is 0 Å². The molecule has 0 spiro atoms. The van der Waals surface area contributed by atoms with Gasteiger partial charge in [-0.25, -0.2) is 0 Å². The van der Waals surface area contributed by atoms with Crippen molar-refractivity contribution in [2.45, 2.75) is 39.5 Å². The Balaban J connectivity index is 2.78. The zero-order valence-electron chi connectivity index (χ0n) is 12.1. The van der Waals surface area contributed by atoms with Gasteiger partial charge in [0.15, 0.2) is 5.75 Å². The molecule has 0 aliphatic rings. The Labute approximate surface area is 119 Å². The van der Waals surface area contributed by atoms with Crippen LogP contribution in [-0.2, 0) is 0 Å². The highest BCUT2D eigenvalue weighted by molar-refractivity contribution is 5.67. The number of para-hydroxylation sites is 1. The number of hydrazine groups is 1. The van der Waals surface area contributed by atoms with Crippen LogP contribution >= 0.6 is 0 Å². The molecule has 1 rings (SSSR count). The van der Waals surface area contributed by atoms with E-state index < -0.39 is 4.92 Å². The van der Waals surface area contributed by atoms with E-state index in [1.807, 2.05) is 0 Å². The highest BCUT2D eigenvalue weighted by Gasteiger charge is 2.21. The van der Waals surface area contributed by atoms with E-state index in [9.17, 15) is 10.1 Å². The first-order chi connectivity index (χ1) is 9.63. The first-order valence-electron chi connectivity index (χ1n) is 7.00. The van der Waals surface area contributed by atoms with Crippen LogP contribution in [0.15, 0.2) is 18.2 Å². The third-order valence-electron chi connectivity index (χ3n) is 3.35. The Kier molecular flexibility index (Phi) is 6.79. The predicted molar refractivity (Wildman–Crippen MR) is 79.7 cm³/mol. The standard InChI is InChI=1S/C14H23N3O3/c1-3-5-7-11(4-2)10-20-13-9-6-8-12(16-15)14(13)17(18)19/h6,8-9,11,16H,3-5,7,10,15H2,1-2H3. The Morgan fingerprint density at radius 2 is 2.20 bits per heavy atom. The van der Waals surface area contributed by atoms with Crippen molar-refractivity contribution in [3.63, 3.8) is 0 Å².